The van der Waals surface area contributed by atoms with Gasteiger partial charge in [-0.15, -0.1) is 0 Å². The minimum absolute atomic E-state index is 0.0889. The highest BCUT2D eigenvalue weighted by atomic mass is 32.2. The van der Waals surface area contributed by atoms with Gasteiger partial charge in [0.05, 0.1) is 23.9 Å². The molecule has 8 heteroatoms. The van der Waals surface area contributed by atoms with Crippen molar-refractivity contribution in [2.75, 3.05) is 31.7 Å². The first-order valence-corrected chi connectivity index (χ1v) is 14.4. The van der Waals surface area contributed by atoms with E-state index in [-0.39, 0.29) is 22.2 Å². The van der Waals surface area contributed by atoms with Crippen LogP contribution < -0.4 is 4.74 Å². The molecular weight excluding hydrogens is 446 g/mol. The minimum Gasteiger partial charge on any atom is -0.495 e. The summed E-state index contributed by atoms with van der Waals surface area (Å²) < 4.78 is 57.7. The van der Waals surface area contributed by atoms with Crippen molar-refractivity contribution < 1.29 is 21.6 Å². The molecule has 0 unspecified atom stereocenters. The minimum atomic E-state index is -3.88. The molecule has 0 radical (unpaired) electrons. The van der Waals surface area contributed by atoms with E-state index in [0.717, 1.165) is 24.8 Å². The number of aryl methyl sites for hydroxylation is 1. The van der Waals surface area contributed by atoms with Crippen molar-refractivity contribution in [2.45, 2.75) is 42.4 Å². The van der Waals surface area contributed by atoms with E-state index in [1.54, 1.807) is 18.2 Å². The van der Waals surface area contributed by atoms with Gasteiger partial charge in [0.2, 0.25) is 0 Å². The first-order valence-electron chi connectivity index (χ1n) is 11.1. The number of ether oxygens (including phenoxy) is 1. The molecular formula is C24H31NO5S2. The highest BCUT2D eigenvalue weighted by Crippen LogP contribution is 2.35. The third kappa shape index (κ3) is 4.87. The molecule has 0 bridgehead atoms. The second kappa shape index (κ2) is 9.15. The molecule has 4 rings (SSSR count). The second-order valence-electron chi connectivity index (χ2n) is 9.05. The van der Waals surface area contributed by atoms with E-state index in [1.165, 1.54) is 12.7 Å². The van der Waals surface area contributed by atoms with Gasteiger partial charge >= 0.3 is 0 Å². The van der Waals surface area contributed by atoms with Crippen molar-refractivity contribution >= 4 is 19.7 Å². The topological polar surface area (TPSA) is 80.8 Å². The number of rotatable bonds is 6. The molecule has 174 valence electrons. The molecule has 2 aromatic carbocycles. The predicted octanol–water partition coefficient (Wildman–Crippen LogP) is 2.90. The zero-order valence-electron chi connectivity index (χ0n) is 18.6. The smallest absolute Gasteiger partial charge is 0.187 e. The Labute approximate surface area is 191 Å². The summed E-state index contributed by atoms with van der Waals surface area (Å²) in [6.07, 6.45) is 2.87. The van der Waals surface area contributed by atoms with Crippen LogP contribution in [0.15, 0.2) is 53.4 Å². The summed E-state index contributed by atoms with van der Waals surface area (Å²) in [5.41, 5.74) is 2.10. The van der Waals surface area contributed by atoms with Crippen LogP contribution in [0, 0.1) is 12.8 Å². The maximum atomic E-state index is 13.6. The molecule has 2 saturated heterocycles. The fourth-order valence-electron chi connectivity index (χ4n) is 5.04. The van der Waals surface area contributed by atoms with Gasteiger partial charge in [-0.25, -0.2) is 16.8 Å². The maximum Gasteiger partial charge on any atom is 0.187 e. The molecule has 2 atom stereocenters. The SMILES string of the molecule is COc1ccc(C)cc1S(=O)(=O)[C@H]1CS(=O)(=O)C[C@@H]1N1CCC(Cc2ccccc2)CC1. The summed E-state index contributed by atoms with van der Waals surface area (Å²) in [6.45, 7) is 3.25. The summed E-state index contributed by atoms with van der Waals surface area (Å²) in [6, 6.07) is 14.9. The average molecular weight is 478 g/mol. The normalized spacial score (nSPS) is 24.4. The lowest BCUT2D eigenvalue weighted by molar-refractivity contribution is 0.144. The lowest BCUT2D eigenvalue weighted by Gasteiger charge is -2.37. The largest absolute Gasteiger partial charge is 0.495 e. The van der Waals surface area contributed by atoms with Crippen LogP contribution in [0.4, 0.5) is 0 Å². The summed E-state index contributed by atoms with van der Waals surface area (Å²) >= 11 is 0. The van der Waals surface area contributed by atoms with Gasteiger partial charge in [-0.05, 0) is 68.5 Å². The fraction of sp³-hybridized carbons (Fsp3) is 0.500. The Morgan fingerprint density at radius 3 is 2.38 bits per heavy atom. The molecule has 32 heavy (non-hydrogen) atoms. The van der Waals surface area contributed by atoms with Crippen LogP contribution in [-0.2, 0) is 26.1 Å². The van der Waals surface area contributed by atoms with E-state index in [0.29, 0.717) is 19.0 Å². The van der Waals surface area contributed by atoms with E-state index in [2.05, 4.69) is 17.0 Å². The van der Waals surface area contributed by atoms with Gasteiger partial charge < -0.3 is 4.74 Å². The van der Waals surface area contributed by atoms with Crippen LogP contribution in [0.2, 0.25) is 0 Å². The lowest BCUT2D eigenvalue weighted by atomic mass is 9.89. The average Bonchev–Trinajstić information content (AvgIpc) is 3.11. The number of hydrogen-bond donors (Lipinski definition) is 0. The van der Waals surface area contributed by atoms with Gasteiger partial charge in [0, 0.05) is 6.04 Å². The molecule has 0 amide bonds. The molecule has 2 aliphatic rings. The summed E-state index contributed by atoms with van der Waals surface area (Å²) in [7, 11) is -5.89. The van der Waals surface area contributed by atoms with Gasteiger partial charge in [-0.1, -0.05) is 36.4 Å². The highest BCUT2D eigenvalue weighted by Gasteiger charge is 2.49. The third-order valence-corrected chi connectivity index (χ3v) is 10.9. The maximum absolute atomic E-state index is 13.6. The van der Waals surface area contributed by atoms with Gasteiger partial charge in [0.1, 0.15) is 10.6 Å². The molecule has 6 nitrogen and oxygen atoms in total. The lowest BCUT2D eigenvalue weighted by Crippen LogP contribution is -2.49. The molecule has 0 saturated carbocycles. The second-order valence-corrected chi connectivity index (χ2v) is 13.3. The number of hydrogen-bond acceptors (Lipinski definition) is 6. The quantitative estimate of drug-likeness (QED) is 0.636. The number of nitrogens with zero attached hydrogens (tertiary/aromatic N) is 1. The Bertz CT molecular complexity index is 1150. The number of likely N-dealkylation sites (tertiary alicyclic amines) is 1. The number of sulfone groups is 2. The first kappa shape index (κ1) is 23.3. The highest BCUT2D eigenvalue weighted by molar-refractivity contribution is 7.96. The monoisotopic (exact) mass is 477 g/mol. The Balaban J connectivity index is 1.54. The van der Waals surface area contributed by atoms with E-state index < -0.39 is 31.0 Å². The molecule has 2 aliphatic heterocycles. The van der Waals surface area contributed by atoms with Gasteiger partial charge in [-0.2, -0.15) is 0 Å². The van der Waals surface area contributed by atoms with E-state index >= 15 is 0 Å². The molecule has 2 fully saturated rings. The van der Waals surface area contributed by atoms with Crippen molar-refractivity contribution in [2.24, 2.45) is 5.92 Å². The molecule has 0 aliphatic carbocycles. The van der Waals surface area contributed by atoms with Crippen molar-refractivity contribution in [3.63, 3.8) is 0 Å². The summed E-state index contributed by atoms with van der Waals surface area (Å²) in [4.78, 5) is 2.18. The van der Waals surface area contributed by atoms with Gasteiger partial charge in [0.25, 0.3) is 0 Å². The van der Waals surface area contributed by atoms with E-state index in [4.69, 9.17) is 4.74 Å². The van der Waals surface area contributed by atoms with Crippen LogP contribution >= 0.6 is 0 Å². The van der Waals surface area contributed by atoms with Crippen LogP contribution in [-0.4, -0.2) is 64.7 Å². The Kier molecular flexibility index (Phi) is 6.66. The van der Waals surface area contributed by atoms with Crippen LogP contribution in [0.3, 0.4) is 0 Å². The molecule has 0 N–H and O–H groups in total. The number of piperidine rings is 1. The fourth-order valence-corrected chi connectivity index (χ4v) is 10.1. The van der Waals surface area contributed by atoms with Crippen LogP contribution in [0.5, 0.6) is 5.75 Å². The van der Waals surface area contributed by atoms with Crippen LogP contribution in [0.1, 0.15) is 24.0 Å². The zero-order valence-corrected chi connectivity index (χ0v) is 20.2. The first-order chi connectivity index (χ1) is 15.2. The number of benzene rings is 2. The van der Waals surface area contributed by atoms with E-state index in [1.807, 2.05) is 25.1 Å². The Morgan fingerprint density at radius 2 is 1.72 bits per heavy atom. The number of methoxy groups -OCH3 is 1. The van der Waals surface area contributed by atoms with E-state index in [9.17, 15) is 16.8 Å². The van der Waals surface area contributed by atoms with Crippen molar-refractivity contribution in [3.8, 4) is 5.75 Å². The van der Waals surface area contributed by atoms with Gasteiger partial charge in [0.15, 0.2) is 19.7 Å². The Morgan fingerprint density at radius 1 is 1.03 bits per heavy atom. The van der Waals surface area contributed by atoms with Crippen molar-refractivity contribution in [1.82, 2.24) is 4.90 Å². The van der Waals surface area contributed by atoms with Crippen molar-refractivity contribution in [3.05, 3.63) is 59.7 Å². The molecule has 0 spiro atoms. The summed E-state index contributed by atoms with van der Waals surface area (Å²) in [5.74, 6) is 0.355. The standard InChI is InChI=1S/C24H31NO5S2/c1-18-8-9-22(30-2)23(14-18)32(28,29)24-17-31(26,27)16-21(24)25-12-10-20(11-13-25)15-19-6-4-3-5-7-19/h3-9,14,20-21,24H,10-13,15-17H2,1-2H3/t21-,24-/m0/s1. The Hall–Kier alpha value is -1.90. The molecule has 2 heterocycles. The predicted molar refractivity (Wildman–Crippen MR) is 126 cm³/mol. The van der Waals surface area contributed by atoms with Crippen molar-refractivity contribution in [1.29, 1.82) is 0 Å². The van der Waals surface area contributed by atoms with Gasteiger partial charge in [-0.3, -0.25) is 4.90 Å². The zero-order chi connectivity index (χ0) is 22.9. The molecule has 0 aromatic heterocycles. The third-order valence-electron chi connectivity index (χ3n) is 6.78. The molecule has 2 aromatic rings. The summed E-state index contributed by atoms with van der Waals surface area (Å²) in [5, 5.41) is -0.978. The van der Waals surface area contributed by atoms with Crippen LogP contribution in [0.25, 0.3) is 0 Å².